The Kier molecular flexibility index (Phi) is 7.00. The van der Waals surface area contributed by atoms with Crippen molar-refractivity contribution in [3.63, 3.8) is 0 Å². The molecule has 0 unspecified atom stereocenters. The molecular weight excluding hydrogens is 194 g/mol. The molecule has 15 heavy (non-hydrogen) atoms. The summed E-state index contributed by atoms with van der Waals surface area (Å²) in [5.74, 6) is -0.422. The summed E-state index contributed by atoms with van der Waals surface area (Å²) in [5.41, 5.74) is 1.01. The molecule has 0 amide bonds. The summed E-state index contributed by atoms with van der Waals surface area (Å²) in [6.07, 6.45) is 1.65. The van der Waals surface area contributed by atoms with Gasteiger partial charge in [0.2, 0.25) is 0 Å². The van der Waals surface area contributed by atoms with Gasteiger partial charge in [-0.2, -0.15) is 0 Å². The highest BCUT2D eigenvalue weighted by molar-refractivity contribution is 6.58. The molecule has 84 valence electrons. The maximum Gasteiger partial charge on any atom is 0.488 e. The summed E-state index contributed by atoms with van der Waals surface area (Å²) in [6, 6.07) is 4.15. The number of hydrogen-bond donors (Lipinski definition) is 2. The van der Waals surface area contributed by atoms with Gasteiger partial charge in [0.15, 0.2) is 0 Å². The second kappa shape index (κ2) is 7.43. The van der Waals surface area contributed by atoms with Crippen LogP contribution in [-0.2, 0) is 6.42 Å². The van der Waals surface area contributed by atoms with Gasteiger partial charge in [-0.15, -0.1) is 0 Å². The van der Waals surface area contributed by atoms with E-state index in [1.54, 1.807) is 6.07 Å². The Hall–Kier alpha value is -0.865. The Morgan fingerprint density at radius 1 is 1.20 bits per heavy atom. The molecule has 1 rings (SSSR count). The number of rotatable bonds is 3. The molecule has 0 radical (unpaired) electrons. The van der Waals surface area contributed by atoms with Gasteiger partial charge in [-0.25, -0.2) is 4.39 Å². The van der Waals surface area contributed by atoms with Crippen molar-refractivity contribution >= 4 is 12.6 Å². The maximum absolute atomic E-state index is 12.9. The van der Waals surface area contributed by atoms with Gasteiger partial charge in [-0.3, -0.25) is 0 Å². The average Bonchev–Trinajstić information content (AvgIpc) is 2.20. The van der Waals surface area contributed by atoms with E-state index in [9.17, 15) is 4.39 Å². The van der Waals surface area contributed by atoms with E-state index in [-0.39, 0.29) is 5.46 Å². The summed E-state index contributed by atoms with van der Waals surface area (Å²) >= 11 is 0. The lowest BCUT2D eigenvalue weighted by atomic mass is 9.79. The normalized spacial score (nSPS) is 9.20. The van der Waals surface area contributed by atoms with Crippen molar-refractivity contribution < 1.29 is 14.4 Å². The highest BCUT2D eigenvalue weighted by Gasteiger charge is 2.12. The van der Waals surface area contributed by atoms with E-state index in [0.29, 0.717) is 0 Å². The topological polar surface area (TPSA) is 40.5 Å². The third kappa shape index (κ3) is 4.95. The van der Waals surface area contributed by atoms with Crippen molar-refractivity contribution in [3.8, 4) is 0 Å². The van der Waals surface area contributed by atoms with Crippen LogP contribution in [0.5, 0.6) is 0 Å². The largest absolute Gasteiger partial charge is 0.488 e. The molecular formula is C11H18BFO2. The maximum atomic E-state index is 12.9. The number of benzene rings is 1. The van der Waals surface area contributed by atoms with E-state index >= 15 is 0 Å². The first kappa shape index (κ1) is 14.1. The molecule has 1 aromatic carbocycles. The molecule has 4 heteroatoms. The molecule has 1 aromatic rings. The van der Waals surface area contributed by atoms with Crippen LogP contribution in [0.1, 0.15) is 32.8 Å². The smallest absolute Gasteiger partial charge is 0.423 e. The molecule has 0 bridgehead atoms. The van der Waals surface area contributed by atoms with Gasteiger partial charge in [0.05, 0.1) is 0 Å². The first-order valence-electron chi connectivity index (χ1n) is 5.29. The fourth-order valence-electron chi connectivity index (χ4n) is 1.26. The predicted molar refractivity (Wildman–Crippen MR) is 61.6 cm³/mol. The monoisotopic (exact) mass is 212 g/mol. The van der Waals surface area contributed by atoms with E-state index in [1.807, 2.05) is 20.8 Å². The minimum atomic E-state index is -1.59. The fourth-order valence-corrected chi connectivity index (χ4v) is 1.26. The van der Waals surface area contributed by atoms with Crippen LogP contribution in [0.15, 0.2) is 18.2 Å². The van der Waals surface area contributed by atoms with E-state index < -0.39 is 12.9 Å². The Balaban J connectivity index is 0.000000921. The van der Waals surface area contributed by atoms with Crippen LogP contribution in [-0.4, -0.2) is 17.2 Å². The van der Waals surface area contributed by atoms with Gasteiger partial charge in [-0.05, 0) is 29.6 Å². The van der Waals surface area contributed by atoms with Crippen LogP contribution in [0, 0.1) is 5.82 Å². The molecule has 0 aliphatic carbocycles. The summed E-state index contributed by atoms with van der Waals surface area (Å²) in [5, 5.41) is 17.7. The first-order valence-corrected chi connectivity index (χ1v) is 5.29. The zero-order chi connectivity index (χ0) is 11.8. The summed E-state index contributed by atoms with van der Waals surface area (Å²) in [6.45, 7) is 5.99. The summed E-state index contributed by atoms with van der Waals surface area (Å²) in [7, 11) is -1.59. The van der Waals surface area contributed by atoms with Crippen molar-refractivity contribution in [3.05, 3.63) is 29.6 Å². The van der Waals surface area contributed by atoms with Crippen molar-refractivity contribution in [1.82, 2.24) is 0 Å². The van der Waals surface area contributed by atoms with Crippen molar-refractivity contribution in [2.75, 3.05) is 0 Å². The van der Waals surface area contributed by atoms with Gasteiger partial charge < -0.3 is 10.0 Å². The lowest BCUT2D eigenvalue weighted by molar-refractivity contribution is 0.425. The van der Waals surface area contributed by atoms with Crippen LogP contribution < -0.4 is 5.46 Å². The van der Waals surface area contributed by atoms with Gasteiger partial charge >= 0.3 is 7.12 Å². The van der Waals surface area contributed by atoms with Gasteiger partial charge in [0.1, 0.15) is 5.82 Å². The van der Waals surface area contributed by atoms with E-state index in [4.69, 9.17) is 10.0 Å². The minimum absolute atomic E-state index is 0.212. The van der Waals surface area contributed by atoms with Crippen LogP contribution >= 0.6 is 0 Å². The van der Waals surface area contributed by atoms with Crippen molar-refractivity contribution in [2.24, 2.45) is 0 Å². The molecule has 0 heterocycles. The zero-order valence-corrected chi connectivity index (χ0v) is 9.50. The molecule has 0 saturated heterocycles. The highest BCUT2D eigenvalue weighted by Crippen LogP contribution is 2.04. The summed E-state index contributed by atoms with van der Waals surface area (Å²) < 4.78 is 12.9. The Bertz CT molecular complexity index is 290. The minimum Gasteiger partial charge on any atom is -0.423 e. The quantitative estimate of drug-likeness (QED) is 0.745. The fraction of sp³-hybridized carbons (Fsp3) is 0.455. The van der Waals surface area contributed by atoms with Crippen molar-refractivity contribution in [2.45, 2.75) is 33.6 Å². The van der Waals surface area contributed by atoms with E-state index in [2.05, 4.69) is 0 Å². The molecule has 0 aliphatic heterocycles. The Morgan fingerprint density at radius 3 is 2.27 bits per heavy atom. The predicted octanol–water partition coefficient (Wildman–Crippen LogP) is 1.48. The molecule has 0 saturated carbocycles. The molecule has 0 spiro atoms. The lowest BCUT2D eigenvalue weighted by Gasteiger charge is -2.03. The molecule has 2 nitrogen and oxygen atoms in total. The molecule has 0 fully saturated rings. The average molecular weight is 212 g/mol. The second-order valence-electron chi connectivity index (χ2n) is 3.02. The molecule has 0 aromatic heterocycles. The van der Waals surface area contributed by atoms with Gasteiger partial charge in [-0.1, -0.05) is 33.3 Å². The van der Waals surface area contributed by atoms with Gasteiger partial charge in [0.25, 0.3) is 0 Å². The third-order valence-electron chi connectivity index (χ3n) is 1.82. The van der Waals surface area contributed by atoms with Crippen LogP contribution in [0.4, 0.5) is 4.39 Å². The second-order valence-corrected chi connectivity index (χ2v) is 3.02. The van der Waals surface area contributed by atoms with Crippen LogP contribution in [0.3, 0.4) is 0 Å². The first-order chi connectivity index (χ1) is 7.13. The zero-order valence-electron chi connectivity index (χ0n) is 9.50. The number of aryl methyl sites for hydroxylation is 1. The highest BCUT2D eigenvalue weighted by atomic mass is 19.1. The molecule has 0 atom stereocenters. The van der Waals surface area contributed by atoms with Gasteiger partial charge in [0, 0.05) is 0 Å². The van der Waals surface area contributed by atoms with E-state index in [0.717, 1.165) is 24.5 Å². The Labute approximate surface area is 90.9 Å². The lowest BCUT2D eigenvalue weighted by Crippen LogP contribution is -2.30. The summed E-state index contributed by atoms with van der Waals surface area (Å²) in [4.78, 5) is 0. The number of halogens is 1. The number of hydrogen-bond acceptors (Lipinski definition) is 2. The standard InChI is InChI=1S/C9H12BFO2.C2H6/c1-2-3-7-4-8(10(12)13)6-9(11)5-7;1-2/h4-6,12-13H,2-3H2,1H3;1-2H3. The molecule has 0 aliphatic rings. The van der Waals surface area contributed by atoms with Crippen LogP contribution in [0.2, 0.25) is 0 Å². The van der Waals surface area contributed by atoms with Crippen molar-refractivity contribution in [1.29, 1.82) is 0 Å². The molecule has 2 N–H and O–H groups in total. The third-order valence-corrected chi connectivity index (χ3v) is 1.82. The van der Waals surface area contributed by atoms with E-state index in [1.165, 1.54) is 6.07 Å². The van der Waals surface area contributed by atoms with Crippen LogP contribution in [0.25, 0.3) is 0 Å². The SMILES string of the molecule is CC.CCCc1cc(F)cc(B(O)O)c1. The Morgan fingerprint density at radius 2 is 1.80 bits per heavy atom.